The number of hydrogen-bond donors (Lipinski definition) is 2. The molecule has 1 saturated heterocycles. The third-order valence-electron chi connectivity index (χ3n) is 3.72. The van der Waals surface area contributed by atoms with E-state index in [-0.39, 0.29) is 17.7 Å². The highest BCUT2D eigenvalue weighted by Gasteiger charge is 2.34. The summed E-state index contributed by atoms with van der Waals surface area (Å²) in [5.41, 5.74) is 0. The van der Waals surface area contributed by atoms with Crippen molar-refractivity contribution in [2.24, 2.45) is 11.8 Å². The molecule has 1 saturated carbocycles. The molecule has 1 amide bonds. The molecule has 0 radical (unpaired) electrons. The molecule has 2 N–H and O–H groups in total. The summed E-state index contributed by atoms with van der Waals surface area (Å²) in [7, 11) is 0. The van der Waals surface area contributed by atoms with Crippen LogP contribution < -0.4 is 5.32 Å². The molecule has 2 unspecified atom stereocenters. The van der Waals surface area contributed by atoms with Crippen LogP contribution in [0.2, 0.25) is 0 Å². The normalized spacial score (nSPS) is 30.1. The Hall–Kier alpha value is -0.710. The van der Waals surface area contributed by atoms with E-state index in [1.165, 1.54) is 0 Å². The average molecular weight is 257 g/mol. The van der Waals surface area contributed by atoms with E-state index in [2.05, 4.69) is 5.32 Å². The van der Waals surface area contributed by atoms with Crippen molar-refractivity contribution >= 4 is 23.6 Å². The number of thioether (sulfide) groups is 1. The largest absolute Gasteiger partial charge is 0.481 e. The minimum Gasteiger partial charge on any atom is -0.481 e. The molecule has 17 heavy (non-hydrogen) atoms. The van der Waals surface area contributed by atoms with Gasteiger partial charge in [-0.1, -0.05) is 0 Å². The molecular weight excluding hydrogens is 238 g/mol. The van der Waals surface area contributed by atoms with Crippen molar-refractivity contribution in [1.82, 2.24) is 5.32 Å². The zero-order chi connectivity index (χ0) is 12.3. The van der Waals surface area contributed by atoms with Gasteiger partial charge in [-0.15, -0.1) is 0 Å². The molecule has 0 aromatic carbocycles. The molecule has 0 aromatic heterocycles. The molecular formula is C12H19NO3S. The number of amides is 1. The van der Waals surface area contributed by atoms with E-state index >= 15 is 0 Å². The van der Waals surface area contributed by atoms with Gasteiger partial charge in [-0.2, -0.15) is 11.8 Å². The molecule has 1 aliphatic heterocycles. The Kier molecular flexibility index (Phi) is 4.31. The van der Waals surface area contributed by atoms with Crippen molar-refractivity contribution in [1.29, 1.82) is 0 Å². The Balaban J connectivity index is 1.78. The summed E-state index contributed by atoms with van der Waals surface area (Å²) in [5.74, 6) is 1.17. The van der Waals surface area contributed by atoms with Gasteiger partial charge in [0.1, 0.15) is 0 Å². The first-order chi connectivity index (χ1) is 8.16. The number of hydrogen-bond acceptors (Lipinski definition) is 3. The molecule has 0 aromatic rings. The van der Waals surface area contributed by atoms with Gasteiger partial charge in [0.2, 0.25) is 5.91 Å². The van der Waals surface area contributed by atoms with Gasteiger partial charge in [0.25, 0.3) is 0 Å². The Morgan fingerprint density at radius 2 is 1.71 bits per heavy atom. The third kappa shape index (κ3) is 3.37. The number of nitrogens with one attached hydrogen (secondary N) is 1. The lowest BCUT2D eigenvalue weighted by Gasteiger charge is -2.24. The van der Waals surface area contributed by atoms with Crippen molar-refractivity contribution in [3.8, 4) is 0 Å². The van der Waals surface area contributed by atoms with Crippen LogP contribution in [0.1, 0.15) is 32.1 Å². The monoisotopic (exact) mass is 257 g/mol. The van der Waals surface area contributed by atoms with Crippen LogP contribution in [0.3, 0.4) is 0 Å². The quantitative estimate of drug-likeness (QED) is 0.804. The van der Waals surface area contributed by atoms with Crippen molar-refractivity contribution in [3.63, 3.8) is 0 Å². The molecule has 2 rings (SSSR count). The molecule has 4 nitrogen and oxygen atoms in total. The fourth-order valence-electron chi connectivity index (χ4n) is 2.60. The summed E-state index contributed by atoms with van der Waals surface area (Å²) < 4.78 is 0. The molecule has 96 valence electrons. The van der Waals surface area contributed by atoms with E-state index in [0.717, 1.165) is 30.8 Å². The zero-order valence-electron chi connectivity index (χ0n) is 9.85. The fraction of sp³-hybridized carbons (Fsp3) is 0.833. The second-order valence-electron chi connectivity index (χ2n) is 4.94. The Bertz CT molecular complexity index is 302. The first-order valence-electron chi connectivity index (χ1n) is 6.27. The summed E-state index contributed by atoms with van der Waals surface area (Å²) in [4.78, 5) is 22.8. The van der Waals surface area contributed by atoms with E-state index in [1.807, 2.05) is 11.8 Å². The van der Waals surface area contributed by atoms with Gasteiger partial charge in [-0.05, 0) is 43.6 Å². The van der Waals surface area contributed by atoms with Crippen LogP contribution in [-0.4, -0.2) is 34.5 Å². The van der Waals surface area contributed by atoms with E-state index in [4.69, 9.17) is 5.11 Å². The van der Waals surface area contributed by atoms with Crippen molar-refractivity contribution < 1.29 is 14.7 Å². The first kappa shape index (κ1) is 12.7. The van der Waals surface area contributed by atoms with E-state index in [1.54, 1.807) is 0 Å². The third-order valence-corrected chi connectivity index (χ3v) is 4.77. The maximum absolute atomic E-state index is 12.0. The van der Waals surface area contributed by atoms with Crippen LogP contribution in [0.25, 0.3) is 0 Å². The Morgan fingerprint density at radius 1 is 1.06 bits per heavy atom. The van der Waals surface area contributed by atoms with Crippen molar-refractivity contribution in [3.05, 3.63) is 0 Å². The van der Waals surface area contributed by atoms with Gasteiger partial charge in [-0.25, -0.2) is 0 Å². The maximum atomic E-state index is 12.0. The van der Waals surface area contributed by atoms with Crippen LogP contribution >= 0.6 is 11.8 Å². The highest BCUT2D eigenvalue weighted by Crippen LogP contribution is 2.31. The van der Waals surface area contributed by atoms with Gasteiger partial charge in [0, 0.05) is 12.0 Å². The number of carboxylic acid groups (broad SMARTS) is 1. The van der Waals surface area contributed by atoms with Crippen molar-refractivity contribution in [2.75, 3.05) is 11.5 Å². The van der Waals surface area contributed by atoms with Gasteiger partial charge in [0.15, 0.2) is 0 Å². The van der Waals surface area contributed by atoms with Crippen LogP contribution in [0.15, 0.2) is 0 Å². The van der Waals surface area contributed by atoms with Crippen LogP contribution in [0, 0.1) is 11.8 Å². The molecule has 1 heterocycles. The van der Waals surface area contributed by atoms with Gasteiger partial charge in [0.05, 0.1) is 5.92 Å². The summed E-state index contributed by atoms with van der Waals surface area (Å²) >= 11 is 1.93. The minimum absolute atomic E-state index is 0.0747. The predicted octanol–water partition coefficient (Wildman–Crippen LogP) is 1.50. The lowest BCUT2D eigenvalue weighted by atomic mass is 10.0. The second-order valence-corrected chi connectivity index (χ2v) is 6.17. The second kappa shape index (κ2) is 5.76. The summed E-state index contributed by atoms with van der Waals surface area (Å²) in [6.07, 6.45) is 3.98. The van der Waals surface area contributed by atoms with E-state index in [0.29, 0.717) is 18.9 Å². The molecule has 2 fully saturated rings. The van der Waals surface area contributed by atoms with Crippen molar-refractivity contribution in [2.45, 2.75) is 38.1 Å². The molecule has 2 atom stereocenters. The molecule has 0 bridgehead atoms. The zero-order valence-corrected chi connectivity index (χ0v) is 10.7. The maximum Gasteiger partial charge on any atom is 0.306 e. The fourth-order valence-corrected chi connectivity index (χ4v) is 3.71. The van der Waals surface area contributed by atoms with Gasteiger partial charge in [-0.3, -0.25) is 9.59 Å². The molecule has 0 spiro atoms. The number of carboxylic acids is 1. The summed E-state index contributed by atoms with van der Waals surface area (Å²) in [6, 6.07) is 0.313. The Morgan fingerprint density at radius 3 is 2.29 bits per heavy atom. The highest BCUT2D eigenvalue weighted by molar-refractivity contribution is 7.99. The van der Waals surface area contributed by atoms with Crippen LogP contribution in [0.5, 0.6) is 0 Å². The molecule has 2 aliphatic rings. The number of aliphatic carboxylic acids is 1. The number of carbonyl (C=O) groups is 2. The van der Waals surface area contributed by atoms with E-state index < -0.39 is 5.97 Å². The SMILES string of the molecule is O=C(O)C1CCC(C(=O)NC2CCSCC2)C1. The lowest BCUT2D eigenvalue weighted by Crippen LogP contribution is -2.40. The molecule has 1 aliphatic carbocycles. The minimum atomic E-state index is -0.755. The Labute approximate surface area is 106 Å². The summed E-state index contributed by atoms with van der Waals surface area (Å²) in [6.45, 7) is 0. The predicted molar refractivity (Wildman–Crippen MR) is 67.0 cm³/mol. The standard InChI is InChI=1S/C12H19NO3S/c14-11(13-10-3-5-17-6-4-10)8-1-2-9(7-8)12(15)16/h8-10H,1-7H2,(H,13,14)(H,15,16). The topological polar surface area (TPSA) is 66.4 Å². The van der Waals surface area contributed by atoms with E-state index in [9.17, 15) is 9.59 Å². The lowest BCUT2D eigenvalue weighted by molar-refractivity contribution is -0.141. The van der Waals surface area contributed by atoms with Gasteiger partial charge >= 0.3 is 5.97 Å². The highest BCUT2D eigenvalue weighted by atomic mass is 32.2. The summed E-state index contributed by atoms with van der Waals surface area (Å²) in [5, 5.41) is 12.0. The number of carbonyl (C=O) groups excluding carboxylic acids is 1. The van der Waals surface area contributed by atoms with Gasteiger partial charge < -0.3 is 10.4 Å². The molecule has 5 heteroatoms. The first-order valence-corrected chi connectivity index (χ1v) is 7.43. The van der Waals surface area contributed by atoms with Crippen LogP contribution in [0.4, 0.5) is 0 Å². The number of rotatable bonds is 3. The smallest absolute Gasteiger partial charge is 0.306 e. The average Bonchev–Trinajstić information content (AvgIpc) is 2.79. The van der Waals surface area contributed by atoms with Crippen LogP contribution in [-0.2, 0) is 9.59 Å².